The van der Waals surface area contributed by atoms with Gasteiger partial charge < -0.3 is 20.7 Å². The fourth-order valence-electron chi connectivity index (χ4n) is 3.51. The van der Waals surface area contributed by atoms with Crippen LogP contribution in [-0.4, -0.2) is 46.0 Å². The molecule has 1 amide bonds. The summed E-state index contributed by atoms with van der Waals surface area (Å²) in [5, 5.41) is 3.23. The van der Waals surface area contributed by atoms with Crippen LogP contribution in [0.3, 0.4) is 0 Å². The molecule has 0 bridgehead atoms. The maximum absolute atomic E-state index is 12.5. The summed E-state index contributed by atoms with van der Waals surface area (Å²) in [6.07, 6.45) is 6.12. The smallest absolute Gasteiger partial charge is 0.274 e. The van der Waals surface area contributed by atoms with Gasteiger partial charge in [0.1, 0.15) is 23.4 Å². The van der Waals surface area contributed by atoms with Crippen molar-refractivity contribution in [1.82, 2.24) is 14.9 Å². The van der Waals surface area contributed by atoms with Gasteiger partial charge in [0.05, 0.1) is 12.4 Å². The van der Waals surface area contributed by atoms with Gasteiger partial charge in [0.25, 0.3) is 5.91 Å². The van der Waals surface area contributed by atoms with Crippen LogP contribution in [0.1, 0.15) is 35.8 Å². The van der Waals surface area contributed by atoms with E-state index in [2.05, 4.69) is 28.3 Å². The molecule has 2 aromatic rings. The van der Waals surface area contributed by atoms with Gasteiger partial charge in [0, 0.05) is 31.2 Å². The van der Waals surface area contributed by atoms with Crippen molar-refractivity contribution in [2.75, 3.05) is 18.4 Å². The Kier molecular flexibility index (Phi) is 4.46. The molecule has 7 nitrogen and oxygen atoms in total. The van der Waals surface area contributed by atoms with Crippen LogP contribution >= 0.6 is 0 Å². The molecule has 1 aromatic heterocycles. The van der Waals surface area contributed by atoms with Crippen LogP contribution in [0.25, 0.3) is 0 Å². The number of hydrogen-bond acceptors (Lipinski definition) is 6. The van der Waals surface area contributed by atoms with E-state index in [0.29, 0.717) is 18.1 Å². The van der Waals surface area contributed by atoms with Crippen LogP contribution in [0.5, 0.6) is 5.75 Å². The topological polar surface area (TPSA) is 93.4 Å². The number of fused-ring (bicyclic) bond motifs is 1. The molecule has 1 aromatic carbocycles. The Bertz CT molecular complexity index is 808. The van der Waals surface area contributed by atoms with E-state index in [0.717, 1.165) is 37.2 Å². The number of nitrogens with one attached hydrogen (secondary N) is 1. The first-order chi connectivity index (χ1) is 12.6. The molecule has 2 aliphatic heterocycles. The molecule has 4 rings (SSSR count). The van der Waals surface area contributed by atoms with E-state index < -0.39 is 0 Å². The summed E-state index contributed by atoms with van der Waals surface area (Å²) in [5.74, 6) is 1.43. The van der Waals surface area contributed by atoms with Gasteiger partial charge in [-0.2, -0.15) is 0 Å². The minimum absolute atomic E-state index is 0.0492. The predicted molar refractivity (Wildman–Crippen MR) is 98.7 cm³/mol. The first-order valence-corrected chi connectivity index (χ1v) is 9.02. The Morgan fingerprint density at radius 2 is 2.23 bits per heavy atom. The van der Waals surface area contributed by atoms with Gasteiger partial charge in [-0.05, 0) is 43.5 Å². The van der Waals surface area contributed by atoms with Gasteiger partial charge in [0.15, 0.2) is 0 Å². The third-order valence-corrected chi connectivity index (χ3v) is 4.78. The van der Waals surface area contributed by atoms with Gasteiger partial charge in [-0.25, -0.2) is 9.97 Å². The zero-order valence-electron chi connectivity index (χ0n) is 14.8. The third-order valence-electron chi connectivity index (χ3n) is 4.78. The van der Waals surface area contributed by atoms with Crippen molar-refractivity contribution in [3.05, 3.63) is 41.9 Å². The van der Waals surface area contributed by atoms with E-state index in [1.807, 2.05) is 12.1 Å². The molecule has 0 saturated carbocycles. The maximum atomic E-state index is 12.5. The normalized spacial score (nSPS) is 21.8. The number of likely N-dealkylation sites (tertiary alicyclic amines) is 1. The molecule has 7 heteroatoms. The van der Waals surface area contributed by atoms with Gasteiger partial charge in [0.2, 0.25) is 0 Å². The highest BCUT2D eigenvalue weighted by atomic mass is 16.5. The van der Waals surface area contributed by atoms with Crippen molar-refractivity contribution in [1.29, 1.82) is 0 Å². The highest BCUT2D eigenvalue weighted by Crippen LogP contribution is 2.31. The number of benzene rings is 1. The summed E-state index contributed by atoms with van der Waals surface area (Å²) >= 11 is 0. The Balaban J connectivity index is 1.43. The lowest BCUT2D eigenvalue weighted by Crippen LogP contribution is -2.45. The van der Waals surface area contributed by atoms with Gasteiger partial charge in [-0.15, -0.1) is 0 Å². The number of aromatic nitrogens is 2. The monoisotopic (exact) mass is 353 g/mol. The van der Waals surface area contributed by atoms with Gasteiger partial charge in [-0.3, -0.25) is 4.79 Å². The summed E-state index contributed by atoms with van der Waals surface area (Å²) in [4.78, 5) is 22.9. The minimum atomic E-state index is -0.108. The Hall–Kier alpha value is -2.67. The van der Waals surface area contributed by atoms with Crippen LogP contribution in [0, 0.1) is 0 Å². The van der Waals surface area contributed by atoms with E-state index >= 15 is 0 Å². The van der Waals surface area contributed by atoms with Crippen LogP contribution in [0.4, 0.5) is 11.5 Å². The van der Waals surface area contributed by atoms with Crippen molar-refractivity contribution in [2.45, 2.75) is 38.3 Å². The van der Waals surface area contributed by atoms with Crippen molar-refractivity contribution in [3.8, 4) is 5.75 Å². The third kappa shape index (κ3) is 3.48. The Morgan fingerprint density at radius 3 is 3.00 bits per heavy atom. The molecular formula is C19H23N5O2. The summed E-state index contributed by atoms with van der Waals surface area (Å²) in [6, 6.07) is 6.03. The Labute approximate surface area is 152 Å². The summed E-state index contributed by atoms with van der Waals surface area (Å²) in [5.41, 5.74) is 8.41. The molecule has 1 fully saturated rings. The van der Waals surface area contributed by atoms with E-state index in [4.69, 9.17) is 10.5 Å². The zero-order valence-corrected chi connectivity index (χ0v) is 14.8. The number of hydrogen-bond donors (Lipinski definition) is 2. The number of nitrogens with two attached hydrogens (primary N) is 1. The fraction of sp³-hybridized carbons (Fsp3) is 0.421. The molecule has 26 heavy (non-hydrogen) atoms. The highest BCUT2D eigenvalue weighted by Gasteiger charge is 2.23. The SMILES string of the molecule is CC1Cc2cc(Nc3cnc(C(=O)N4CCCC(N)C4)cn3)ccc2O1. The molecule has 0 aliphatic carbocycles. The molecule has 2 aliphatic rings. The molecule has 0 spiro atoms. The average Bonchev–Trinajstić information content (AvgIpc) is 3.01. The molecule has 3 N–H and O–H groups in total. The number of carbonyl (C=O) groups excluding carboxylic acids is 1. The first kappa shape index (κ1) is 16.8. The second kappa shape index (κ2) is 6.92. The highest BCUT2D eigenvalue weighted by molar-refractivity contribution is 5.92. The summed E-state index contributed by atoms with van der Waals surface area (Å²) in [7, 11) is 0. The van der Waals surface area contributed by atoms with Crippen molar-refractivity contribution >= 4 is 17.4 Å². The van der Waals surface area contributed by atoms with Crippen molar-refractivity contribution in [2.24, 2.45) is 5.73 Å². The first-order valence-electron chi connectivity index (χ1n) is 9.02. The van der Waals surface area contributed by atoms with Crippen LogP contribution in [0.15, 0.2) is 30.6 Å². The lowest BCUT2D eigenvalue weighted by atomic mass is 10.1. The van der Waals surface area contributed by atoms with Crippen molar-refractivity contribution < 1.29 is 9.53 Å². The largest absolute Gasteiger partial charge is 0.490 e. The van der Waals surface area contributed by atoms with E-state index in [-0.39, 0.29) is 18.1 Å². The molecule has 2 unspecified atom stereocenters. The summed E-state index contributed by atoms with van der Waals surface area (Å²) in [6.45, 7) is 3.36. The zero-order chi connectivity index (χ0) is 18.1. The predicted octanol–water partition coefficient (Wildman–Crippen LogP) is 2.11. The van der Waals surface area contributed by atoms with Crippen LogP contribution in [-0.2, 0) is 6.42 Å². The van der Waals surface area contributed by atoms with Gasteiger partial charge >= 0.3 is 0 Å². The van der Waals surface area contributed by atoms with Crippen molar-refractivity contribution in [3.63, 3.8) is 0 Å². The number of nitrogens with zero attached hydrogens (tertiary/aromatic N) is 3. The number of carbonyl (C=O) groups is 1. The second-order valence-electron chi connectivity index (χ2n) is 7.02. The van der Waals surface area contributed by atoms with Crippen LogP contribution < -0.4 is 15.8 Å². The minimum Gasteiger partial charge on any atom is -0.490 e. The average molecular weight is 353 g/mol. The van der Waals surface area contributed by atoms with Gasteiger partial charge in [-0.1, -0.05) is 0 Å². The number of rotatable bonds is 3. The lowest BCUT2D eigenvalue weighted by molar-refractivity contribution is 0.0702. The number of amides is 1. The standard InChI is InChI=1S/C19H23N5O2/c1-12-7-13-8-15(4-5-17(13)26-12)23-18-10-21-16(9-22-18)19(25)24-6-2-3-14(20)11-24/h4-5,8-10,12,14H,2-3,6-7,11,20H2,1H3,(H,22,23). The number of anilines is 2. The molecule has 0 radical (unpaired) electrons. The molecular weight excluding hydrogens is 330 g/mol. The molecule has 2 atom stereocenters. The fourth-order valence-corrected chi connectivity index (χ4v) is 3.51. The second-order valence-corrected chi connectivity index (χ2v) is 7.02. The van der Waals surface area contributed by atoms with E-state index in [1.54, 1.807) is 11.1 Å². The molecule has 136 valence electrons. The molecule has 3 heterocycles. The number of ether oxygens (including phenoxy) is 1. The van der Waals surface area contributed by atoms with E-state index in [1.165, 1.54) is 11.8 Å². The quantitative estimate of drug-likeness (QED) is 0.878. The Morgan fingerprint density at radius 1 is 1.35 bits per heavy atom. The van der Waals surface area contributed by atoms with E-state index in [9.17, 15) is 4.79 Å². The molecule has 1 saturated heterocycles. The number of piperidine rings is 1. The maximum Gasteiger partial charge on any atom is 0.274 e. The van der Waals surface area contributed by atoms with Crippen LogP contribution in [0.2, 0.25) is 0 Å². The summed E-state index contributed by atoms with van der Waals surface area (Å²) < 4.78 is 5.71. The lowest BCUT2D eigenvalue weighted by Gasteiger charge is -2.30.